The monoisotopic (exact) mass is 409 g/mol. The Morgan fingerprint density at radius 3 is 2.45 bits per heavy atom. The third-order valence-corrected chi connectivity index (χ3v) is 5.19. The van der Waals surface area contributed by atoms with Crippen molar-refractivity contribution in [3.8, 4) is 0 Å². The van der Waals surface area contributed by atoms with E-state index in [9.17, 15) is 9.59 Å². The number of anilines is 1. The van der Waals surface area contributed by atoms with Crippen molar-refractivity contribution in [2.24, 2.45) is 0 Å². The number of benzene rings is 2. The summed E-state index contributed by atoms with van der Waals surface area (Å²) in [6, 6.07) is 16.7. The smallest absolute Gasteiger partial charge is 0.251 e. The lowest BCUT2D eigenvalue weighted by atomic mass is 10.1. The van der Waals surface area contributed by atoms with Gasteiger partial charge in [-0.2, -0.15) is 0 Å². The standard InChI is InChI=1S/C21H23N5O2S/c1-3-26-18(13-22-20(28)16-11-9-15(2)10-12-16)24-25-21(26)29-14-19(27)23-17-7-5-4-6-8-17/h4-12H,3,13-14H2,1-2H3,(H,22,28)(H,23,27). The number of aryl methyl sites for hydroxylation is 1. The van der Waals surface area contributed by atoms with Crippen molar-refractivity contribution in [3.63, 3.8) is 0 Å². The lowest BCUT2D eigenvalue weighted by Crippen LogP contribution is -2.24. The third kappa shape index (κ3) is 5.68. The number of thioether (sulfide) groups is 1. The van der Waals surface area contributed by atoms with Crippen LogP contribution in [0.2, 0.25) is 0 Å². The molecule has 0 radical (unpaired) electrons. The number of hydrogen-bond acceptors (Lipinski definition) is 5. The number of carbonyl (C=O) groups is 2. The SMILES string of the molecule is CCn1c(CNC(=O)c2ccc(C)cc2)nnc1SCC(=O)Nc1ccccc1. The summed E-state index contributed by atoms with van der Waals surface area (Å²) in [6.07, 6.45) is 0. The maximum absolute atomic E-state index is 12.3. The highest BCUT2D eigenvalue weighted by Gasteiger charge is 2.14. The van der Waals surface area contributed by atoms with E-state index in [1.54, 1.807) is 12.1 Å². The van der Waals surface area contributed by atoms with Crippen molar-refractivity contribution >= 4 is 29.3 Å². The van der Waals surface area contributed by atoms with Crippen LogP contribution in [-0.2, 0) is 17.9 Å². The molecule has 0 fully saturated rings. The molecule has 7 nitrogen and oxygen atoms in total. The van der Waals surface area contributed by atoms with Crippen LogP contribution < -0.4 is 10.6 Å². The maximum Gasteiger partial charge on any atom is 0.251 e. The van der Waals surface area contributed by atoms with Gasteiger partial charge in [0.05, 0.1) is 12.3 Å². The molecule has 150 valence electrons. The predicted molar refractivity (Wildman–Crippen MR) is 114 cm³/mol. The Morgan fingerprint density at radius 2 is 1.76 bits per heavy atom. The Morgan fingerprint density at radius 1 is 1.03 bits per heavy atom. The fraction of sp³-hybridized carbons (Fsp3) is 0.238. The minimum absolute atomic E-state index is 0.110. The summed E-state index contributed by atoms with van der Waals surface area (Å²) < 4.78 is 1.90. The van der Waals surface area contributed by atoms with E-state index in [4.69, 9.17) is 0 Å². The molecule has 0 aliphatic heterocycles. The van der Waals surface area contributed by atoms with Gasteiger partial charge >= 0.3 is 0 Å². The van der Waals surface area contributed by atoms with E-state index in [0.29, 0.717) is 23.1 Å². The number of hydrogen-bond donors (Lipinski definition) is 2. The summed E-state index contributed by atoms with van der Waals surface area (Å²) in [6.45, 7) is 4.86. The molecular formula is C21H23N5O2S. The lowest BCUT2D eigenvalue weighted by molar-refractivity contribution is -0.113. The molecule has 0 saturated carbocycles. The van der Waals surface area contributed by atoms with E-state index < -0.39 is 0 Å². The van der Waals surface area contributed by atoms with Crippen LogP contribution in [0, 0.1) is 6.92 Å². The number of aromatic nitrogens is 3. The zero-order valence-corrected chi connectivity index (χ0v) is 17.2. The van der Waals surface area contributed by atoms with Crippen molar-refractivity contribution in [1.82, 2.24) is 20.1 Å². The minimum atomic E-state index is -0.160. The van der Waals surface area contributed by atoms with Crippen LogP contribution in [0.1, 0.15) is 28.7 Å². The Hall–Kier alpha value is -3.13. The van der Waals surface area contributed by atoms with Gasteiger partial charge in [0.15, 0.2) is 11.0 Å². The van der Waals surface area contributed by atoms with Gasteiger partial charge in [-0.05, 0) is 38.1 Å². The molecule has 0 aliphatic carbocycles. The third-order valence-electron chi connectivity index (χ3n) is 4.22. The molecule has 3 aromatic rings. The quantitative estimate of drug-likeness (QED) is 0.558. The van der Waals surface area contributed by atoms with Gasteiger partial charge in [0.2, 0.25) is 5.91 Å². The molecule has 0 unspecified atom stereocenters. The minimum Gasteiger partial charge on any atom is -0.345 e. The van der Waals surface area contributed by atoms with E-state index in [1.807, 2.05) is 60.9 Å². The second-order valence-corrected chi connectivity index (χ2v) is 7.34. The summed E-state index contributed by atoms with van der Waals surface area (Å²) >= 11 is 1.32. The molecule has 1 aromatic heterocycles. The normalized spacial score (nSPS) is 10.6. The summed E-state index contributed by atoms with van der Waals surface area (Å²) in [4.78, 5) is 24.4. The fourth-order valence-corrected chi connectivity index (χ4v) is 3.51. The van der Waals surface area contributed by atoms with E-state index in [0.717, 1.165) is 11.3 Å². The molecule has 8 heteroatoms. The van der Waals surface area contributed by atoms with Crippen LogP contribution in [0.15, 0.2) is 59.8 Å². The maximum atomic E-state index is 12.3. The lowest BCUT2D eigenvalue weighted by Gasteiger charge is -2.09. The molecule has 0 aliphatic rings. The van der Waals surface area contributed by atoms with Crippen LogP contribution in [0.25, 0.3) is 0 Å². The van der Waals surface area contributed by atoms with Crippen LogP contribution in [0.5, 0.6) is 0 Å². The molecule has 2 aromatic carbocycles. The van der Waals surface area contributed by atoms with E-state index >= 15 is 0 Å². The first-order valence-electron chi connectivity index (χ1n) is 9.31. The van der Waals surface area contributed by atoms with Gasteiger partial charge in [-0.1, -0.05) is 47.7 Å². The highest BCUT2D eigenvalue weighted by Crippen LogP contribution is 2.18. The van der Waals surface area contributed by atoms with Crippen LogP contribution in [-0.4, -0.2) is 32.3 Å². The Balaban J connectivity index is 1.56. The fourth-order valence-electron chi connectivity index (χ4n) is 2.69. The van der Waals surface area contributed by atoms with Gasteiger partial charge in [-0.3, -0.25) is 9.59 Å². The van der Waals surface area contributed by atoms with Crippen LogP contribution in [0.4, 0.5) is 5.69 Å². The molecule has 0 atom stereocenters. The number of carbonyl (C=O) groups excluding carboxylic acids is 2. The summed E-state index contributed by atoms with van der Waals surface area (Å²) in [5, 5.41) is 14.7. The van der Waals surface area contributed by atoms with Gasteiger partial charge in [0.25, 0.3) is 5.91 Å². The van der Waals surface area contributed by atoms with Crippen molar-refractivity contribution < 1.29 is 9.59 Å². The molecule has 1 heterocycles. The molecule has 3 rings (SSSR count). The van der Waals surface area contributed by atoms with Crippen molar-refractivity contribution in [2.45, 2.75) is 32.1 Å². The summed E-state index contributed by atoms with van der Waals surface area (Å²) in [5.74, 6) is 0.607. The molecular weight excluding hydrogens is 386 g/mol. The molecule has 29 heavy (non-hydrogen) atoms. The van der Waals surface area contributed by atoms with Crippen molar-refractivity contribution in [3.05, 3.63) is 71.5 Å². The van der Waals surface area contributed by atoms with Gasteiger partial charge in [-0.15, -0.1) is 10.2 Å². The number of rotatable bonds is 8. The zero-order valence-electron chi connectivity index (χ0n) is 16.4. The number of nitrogens with one attached hydrogen (secondary N) is 2. The number of para-hydroxylation sites is 1. The van der Waals surface area contributed by atoms with Crippen molar-refractivity contribution in [2.75, 3.05) is 11.1 Å². The Kier molecular flexibility index (Phi) is 7.02. The zero-order chi connectivity index (χ0) is 20.6. The molecule has 2 N–H and O–H groups in total. The van der Waals surface area contributed by atoms with Gasteiger partial charge in [-0.25, -0.2) is 0 Å². The Labute approximate surface area is 173 Å². The topological polar surface area (TPSA) is 88.9 Å². The number of nitrogens with zero attached hydrogens (tertiary/aromatic N) is 3. The first-order valence-corrected chi connectivity index (χ1v) is 10.3. The average molecular weight is 410 g/mol. The molecule has 0 saturated heterocycles. The van der Waals surface area contributed by atoms with Gasteiger partial charge in [0, 0.05) is 17.8 Å². The average Bonchev–Trinajstić information content (AvgIpc) is 3.13. The molecule has 2 amide bonds. The summed E-state index contributed by atoms with van der Waals surface area (Å²) in [7, 11) is 0. The van der Waals surface area contributed by atoms with E-state index in [-0.39, 0.29) is 24.1 Å². The second-order valence-electron chi connectivity index (χ2n) is 6.39. The summed E-state index contributed by atoms with van der Waals surface area (Å²) in [5.41, 5.74) is 2.46. The second kappa shape index (κ2) is 9.88. The van der Waals surface area contributed by atoms with Gasteiger partial charge in [0.1, 0.15) is 0 Å². The highest BCUT2D eigenvalue weighted by atomic mass is 32.2. The van der Waals surface area contributed by atoms with Crippen LogP contribution >= 0.6 is 11.8 Å². The highest BCUT2D eigenvalue weighted by molar-refractivity contribution is 7.99. The molecule has 0 bridgehead atoms. The predicted octanol–water partition coefficient (Wildman–Crippen LogP) is 3.27. The largest absolute Gasteiger partial charge is 0.345 e. The Bertz CT molecular complexity index is 970. The van der Waals surface area contributed by atoms with Gasteiger partial charge < -0.3 is 15.2 Å². The van der Waals surface area contributed by atoms with Crippen molar-refractivity contribution in [1.29, 1.82) is 0 Å². The first kappa shape index (κ1) is 20.6. The van der Waals surface area contributed by atoms with E-state index in [1.165, 1.54) is 11.8 Å². The van der Waals surface area contributed by atoms with E-state index in [2.05, 4.69) is 20.8 Å². The van der Waals surface area contributed by atoms with Crippen LogP contribution in [0.3, 0.4) is 0 Å². The molecule has 0 spiro atoms. The number of amides is 2. The first-order chi connectivity index (χ1) is 14.1.